The summed E-state index contributed by atoms with van der Waals surface area (Å²) in [6.07, 6.45) is 0.786. The topological polar surface area (TPSA) is 41.5 Å². The van der Waals surface area contributed by atoms with Crippen LogP contribution in [-0.4, -0.2) is 31.4 Å². The van der Waals surface area contributed by atoms with Gasteiger partial charge < -0.3 is 15.2 Å². The van der Waals surface area contributed by atoms with Crippen LogP contribution in [0.15, 0.2) is 24.3 Å². The van der Waals surface area contributed by atoms with Gasteiger partial charge in [-0.25, -0.2) is 4.39 Å². The second-order valence-corrected chi connectivity index (χ2v) is 3.11. The number of hydrogen-bond donors (Lipinski definition) is 2. The highest BCUT2D eigenvalue weighted by molar-refractivity contribution is 5.23. The van der Waals surface area contributed by atoms with Gasteiger partial charge >= 0.3 is 0 Å². The van der Waals surface area contributed by atoms with E-state index in [1.807, 2.05) is 0 Å². The number of aliphatic hydroxyl groups is 1. The van der Waals surface area contributed by atoms with Gasteiger partial charge in [-0.2, -0.15) is 0 Å². The number of aliphatic hydroxyl groups excluding tert-OH is 1. The van der Waals surface area contributed by atoms with E-state index in [1.54, 1.807) is 18.2 Å². The Morgan fingerprint density at radius 1 is 1.27 bits per heavy atom. The molecule has 0 saturated heterocycles. The molecule has 1 aromatic carbocycles. The number of benzene rings is 1. The Morgan fingerprint density at radius 2 is 2.07 bits per heavy atom. The smallest absolute Gasteiger partial charge is 0.165 e. The largest absolute Gasteiger partial charge is 0.490 e. The van der Waals surface area contributed by atoms with E-state index in [1.165, 1.54) is 6.07 Å². The Hall–Kier alpha value is -1.13. The molecule has 0 aliphatic rings. The van der Waals surface area contributed by atoms with Crippen molar-refractivity contribution in [2.75, 3.05) is 26.3 Å². The summed E-state index contributed by atoms with van der Waals surface area (Å²) < 4.78 is 18.3. The zero-order chi connectivity index (χ0) is 10.9. The van der Waals surface area contributed by atoms with Crippen molar-refractivity contribution in [3.8, 4) is 5.75 Å². The lowest BCUT2D eigenvalue weighted by atomic mass is 10.3. The highest BCUT2D eigenvalue weighted by Gasteiger charge is 1.99. The van der Waals surface area contributed by atoms with Crippen LogP contribution in [0.2, 0.25) is 0 Å². The fourth-order valence-electron chi connectivity index (χ4n) is 1.15. The minimum absolute atomic E-state index is 0.133. The van der Waals surface area contributed by atoms with Crippen molar-refractivity contribution < 1.29 is 14.2 Å². The first-order chi connectivity index (χ1) is 7.34. The molecule has 0 saturated carbocycles. The van der Waals surface area contributed by atoms with E-state index in [2.05, 4.69) is 5.32 Å². The molecule has 1 rings (SSSR count). The number of ether oxygens (including phenoxy) is 1. The second-order valence-electron chi connectivity index (χ2n) is 3.11. The van der Waals surface area contributed by atoms with Crippen LogP contribution in [-0.2, 0) is 0 Å². The van der Waals surface area contributed by atoms with Crippen LogP contribution in [0.1, 0.15) is 6.42 Å². The molecular formula is C11H16FNO2. The van der Waals surface area contributed by atoms with E-state index in [4.69, 9.17) is 9.84 Å². The van der Waals surface area contributed by atoms with Gasteiger partial charge in [0.15, 0.2) is 11.6 Å². The van der Waals surface area contributed by atoms with E-state index >= 15 is 0 Å². The summed E-state index contributed by atoms with van der Waals surface area (Å²) in [7, 11) is 0. The summed E-state index contributed by atoms with van der Waals surface area (Å²) in [5.74, 6) is -0.0412. The Bertz CT molecular complexity index is 281. The predicted molar refractivity (Wildman–Crippen MR) is 56.5 cm³/mol. The summed E-state index contributed by atoms with van der Waals surface area (Å²) in [5.41, 5.74) is 0. The summed E-state index contributed by atoms with van der Waals surface area (Å²) in [4.78, 5) is 0. The summed E-state index contributed by atoms with van der Waals surface area (Å²) in [6, 6.07) is 6.35. The van der Waals surface area contributed by atoms with E-state index in [-0.39, 0.29) is 12.4 Å². The van der Waals surface area contributed by atoms with E-state index in [0.29, 0.717) is 18.9 Å². The molecular weight excluding hydrogens is 197 g/mol. The van der Waals surface area contributed by atoms with Gasteiger partial charge in [-0.3, -0.25) is 0 Å². The van der Waals surface area contributed by atoms with Crippen molar-refractivity contribution >= 4 is 0 Å². The Labute approximate surface area is 88.9 Å². The molecule has 15 heavy (non-hydrogen) atoms. The monoisotopic (exact) mass is 213 g/mol. The summed E-state index contributed by atoms with van der Waals surface area (Å²) in [6.45, 7) is 1.95. The zero-order valence-electron chi connectivity index (χ0n) is 8.58. The molecule has 0 amide bonds. The molecule has 0 atom stereocenters. The molecule has 0 fully saturated rings. The van der Waals surface area contributed by atoms with Crippen molar-refractivity contribution in [2.24, 2.45) is 0 Å². The molecule has 0 aromatic heterocycles. The summed E-state index contributed by atoms with van der Waals surface area (Å²) >= 11 is 0. The van der Waals surface area contributed by atoms with Crippen molar-refractivity contribution in [2.45, 2.75) is 6.42 Å². The van der Waals surface area contributed by atoms with Crippen LogP contribution in [0.5, 0.6) is 5.75 Å². The molecule has 0 aliphatic carbocycles. The number of para-hydroxylation sites is 1. The zero-order valence-corrected chi connectivity index (χ0v) is 8.58. The van der Waals surface area contributed by atoms with E-state index in [0.717, 1.165) is 13.0 Å². The maximum absolute atomic E-state index is 13.0. The lowest BCUT2D eigenvalue weighted by Crippen LogP contribution is -2.20. The SMILES string of the molecule is OCCNCCCOc1ccccc1F. The molecule has 0 bridgehead atoms. The first kappa shape index (κ1) is 11.9. The standard InChI is InChI=1S/C11H16FNO2/c12-10-4-1-2-5-11(10)15-9-3-6-13-7-8-14/h1-2,4-5,13-14H,3,6-9H2. The maximum Gasteiger partial charge on any atom is 0.165 e. The minimum atomic E-state index is -0.333. The van der Waals surface area contributed by atoms with E-state index in [9.17, 15) is 4.39 Å². The van der Waals surface area contributed by atoms with Gasteiger partial charge in [-0.15, -0.1) is 0 Å². The normalized spacial score (nSPS) is 10.3. The van der Waals surface area contributed by atoms with Gasteiger partial charge in [0.1, 0.15) is 0 Å². The minimum Gasteiger partial charge on any atom is -0.490 e. The third-order valence-electron chi connectivity index (χ3n) is 1.88. The first-order valence-corrected chi connectivity index (χ1v) is 5.03. The molecule has 0 aliphatic heterocycles. The van der Waals surface area contributed by atoms with Gasteiger partial charge in [0.05, 0.1) is 13.2 Å². The fraction of sp³-hybridized carbons (Fsp3) is 0.455. The van der Waals surface area contributed by atoms with Crippen LogP contribution < -0.4 is 10.1 Å². The highest BCUT2D eigenvalue weighted by atomic mass is 19.1. The van der Waals surface area contributed by atoms with Crippen LogP contribution in [0.4, 0.5) is 4.39 Å². The quantitative estimate of drug-likeness (QED) is 0.668. The molecule has 0 radical (unpaired) electrons. The lowest BCUT2D eigenvalue weighted by Gasteiger charge is -2.07. The van der Waals surface area contributed by atoms with Crippen molar-refractivity contribution in [3.05, 3.63) is 30.1 Å². The molecule has 0 heterocycles. The Morgan fingerprint density at radius 3 is 2.80 bits per heavy atom. The number of hydrogen-bond acceptors (Lipinski definition) is 3. The highest BCUT2D eigenvalue weighted by Crippen LogP contribution is 2.15. The molecule has 1 aromatic rings. The second kappa shape index (κ2) is 7.20. The molecule has 4 heteroatoms. The first-order valence-electron chi connectivity index (χ1n) is 5.03. The molecule has 0 spiro atoms. The number of rotatable bonds is 7. The number of halogens is 1. The third kappa shape index (κ3) is 4.76. The van der Waals surface area contributed by atoms with Crippen LogP contribution in [0.3, 0.4) is 0 Å². The third-order valence-corrected chi connectivity index (χ3v) is 1.88. The van der Waals surface area contributed by atoms with Gasteiger partial charge in [0.25, 0.3) is 0 Å². The van der Waals surface area contributed by atoms with Crippen molar-refractivity contribution in [1.29, 1.82) is 0 Å². The Kier molecular flexibility index (Phi) is 5.73. The maximum atomic E-state index is 13.0. The van der Waals surface area contributed by atoms with Gasteiger partial charge in [-0.05, 0) is 25.1 Å². The molecule has 3 nitrogen and oxygen atoms in total. The predicted octanol–water partition coefficient (Wildman–Crippen LogP) is 1.18. The Balaban J connectivity index is 2.12. The number of nitrogens with one attached hydrogen (secondary N) is 1. The van der Waals surface area contributed by atoms with Crippen LogP contribution in [0.25, 0.3) is 0 Å². The van der Waals surface area contributed by atoms with Crippen LogP contribution >= 0.6 is 0 Å². The van der Waals surface area contributed by atoms with Gasteiger partial charge in [0, 0.05) is 6.54 Å². The average molecular weight is 213 g/mol. The van der Waals surface area contributed by atoms with E-state index < -0.39 is 0 Å². The molecule has 2 N–H and O–H groups in total. The fourth-order valence-corrected chi connectivity index (χ4v) is 1.15. The van der Waals surface area contributed by atoms with Gasteiger partial charge in [-0.1, -0.05) is 12.1 Å². The van der Waals surface area contributed by atoms with Crippen molar-refractivity contribution in [1.82, 2.24) is 5.32 Å². The van der Waals surface area contributed by atoms with Crippen LogP contribution in [0, 0.1) is 5.82 Å². The summed E-state index contributed by atoms with van der Waals surface area (Å²) in [5, 5.41) is 11.5. The van der Waals surface area contributed by atoms with Crippen molar-refractivity contribution in [3.63, 3.8) is 0 Å². The molecule has 84 valence electrons. The average Bonchev–Trinajstić information content (AvgIpc) is 2.25. The lowest BCUT2D eigenvalue weighted by molar-refractivity contribution is 0.277. The van der Waals surface area contributed by atoms with Gasteiger partial charge in [0.2, 0.25) is 0 Å². The molecule has 0 unspecified atom stereocenters.